The van der Waals surface area contributed by atoms with Crippen molar-refractivity contribution >= 4 is 15.9 Å². The van der Waals surface area contributed by atoms with E-state index in [-0.39, 0.29) is 0 Å². The van der Waals surface area contributed by atoms with Crippen LogP contribution in [0.25, 0.3) is 0 Å². The maximum atomic E-state index is 8.85. The molecule has 92 valence electrons. The van der Waals surface area contributed by atoms with Crippen molar-refractivity contribution in [3.8, 4) is 6.07 Å². The highest BCUT2D eigenvalue weighted by Gasteiger charge is 2.08. The highest BCUT2D eigenvalue weighted by molar-refractivity contribution is 9.09. The minimum absolute atomic E-state index is 0.694. The molecule has 0 N–H and O–H groups in total. The number of alkyl halides is 1. The minimum atomic E-state index is 0.694. The number of halogens is 1. The molecule has 0 aliphatic rings. The molecule has 0 aromatic heterocycles. The molecular formula is C14H19BrN2. The van der Waals surface area contributed by atoms with Gasteiger partial charge in [-0.3, -0.25) is 0 Å². The number of rotatable bonds is 6. The van der Waals surface area contributed by atoms with E-state index < -0.39 is 0 Å². The Morgan fingerprint density at radius 1 is 1.47 bits per heavy atom. The molecule has 3 heteroatoms. The highest BCUT2D eigenvalue weighted by Crippen LogP contribution is 2.11. The molecule has 0 fully saturated rings. The third-order valence-corrected chi connectivity index (χ3v) is 3.79. The van der Waals surface area contributed by atoms with E-state index in [2.05, 4.69) is 46.9 Å². The van der Waals surface area contributed by atoms with Crippen LogP contribution in [0.3, 0.4) is 0 Å². The fourth-order valence-electron chi connectivity index (χ4n) is 1.84. The predicted octanol–water partition coefficient (Wildman–Crippen LogP) is 3.41. The third kappa shape index (κ3) is 4.89. The van der Waals surface area contributed by atoms with E-state index in [1.165, 1.54) is 12.0 Å². The Morgan fingerprint density at radius 3 is 2.82 bits per heavy atom. The molecule has 1 aromatic carbocycles. The van der Waals surface area contributed by atoms with E-state index in [0.29, 0.717) is 5.92 Å². The first kappa shape index (κ1) is 14.2. The topological polar surface area (TPSA) is 27.0 Å². The van der Waals surface area contributed by atoms with Crippen molar-refractivity contribution in [2.75, 3.05) is 18.9 Å². The van der Waals surface area contributed by atoms with Crippen LogP contribution in [0.4, 0.5) is 0 Å². The molecule has 0 spiro atoms. The second-order valence-corrected chi connectivity index (χ2v) is 5.08. The third-order valence-electron chi connectivity index (χ3n) is 2.87. The zero-order valence-electron chi connectivity index (χ0n) is 10.5. The number of hydrogen-bond acceptors (Lipinski definition) is 2. The van der Waals surface area contributed by atoms with Crippen molar-refractivity contribution in [3.63, 3.8) is 0 Å². The van der Waals surface area contributed by atoms with Crippen LogP contribution in [0.2, 0.25) is 0 Å². The summed E-state index contributed by atoms with van der Waals surface area (Å²) in [7, 11) is 2.13. The number of nitriles is 1. The van der Waals surface area contributed by atoms with Crippen molar-refractivity contribution in [3.05, 3.63) is 35.4 Å². The molecule has 0 aliphatic heterocycles. The van der Waals surface area contributed by atoms with Gasteiger partial charge in [0.25, 0.3) is 0 Å². The van der Waals surface area contributed by atoms with Crippen LogP contribution in [0.1, 0.15) is 24.5 Å². The van der Waals surface area contributed by atoms with E-state index >= 15 is 0 Å². The summed E-state index contributed by atoms with van der Waals surface area (Å²) in [5.41, 5.74) is 1.94. The maximum absolute atomic E-state index is 8.85. The fraction of sp³-hybridized carbons (Fsp3) is 0.500. The summed E-state index contributed by atoms with van der Waals surface area (Å²) < 4.78 is 0. The fourth-order valence-corrected chi connectivity index (χ4v) is 2.51. The van der Waals surface area contributed by atoms with Gasteiger partial charge in [0.1, 0.15) is 0 Å². The summed E-state index contributed by atoms with van der Waals surface area (Å²) in [6.45, 7) is 4.20. The zero-order chi connectivity index (χ0) is 12.7. The van der Waals surface area contributed by atoms with Gasteiger partial charge in [-0.05, 0) is 30.7 Å². The first-order valence-corrected chi connectivity index (χ1v) is 7.05. The summed E-state index contributed by atoms with van der Waals surface area (Å²) in [6.07, 6.45) is 1.19. The molecular weight excluding hydrogens is 276 g/mol. The van der Waals surface area contributed by atoms with Gasteiger partial charge in [0.2, 0.25) is 0 Å². The first-order valence-electron chi connectivity index (χ1n) is 5.93. The lowest BCUT2D eigenvalue weighted by Gasteiger charge is -2.21. The van der Waals surface area contributed by atoms with Crippen LogP contribution in [0.5, 0.6) is 0 Å². The van der Waals surface area contributed by atoms with Gasteiger partial charge >= 0.3 is 0 Å². The zero-order valence-corrected chi connectivity index (χ0v) is 12.1. The largest absolute Gasteiger partial charge is 0.302 e. The van der Waals surface area contributed by atoms with E-state index in [1.54, 1.807) is 0 Å². The molecule has 0 amide bonds. The van der Waals surface area contributed by atoms with Crippen LogP contribution in [-0.2, 0) is 6.54 Å². The second-order valence-electron chi connectivity index (χ2n) is 4.44. The van der Waals surface area contributed by atoms with E-state index in [4.69, 9.17) is 5.26 Å². The maximum Gasteiger partial charge on any atom is 0.0991 e. The SMILES string of the molecule is CCC(CBr)CN(C)Cc1cccc(C#N)c1. The molecule has 0 radical (unpaired) electrons. The van der Waals surface area contributed by atoms with Gasteiger partial charge in [-0.25, -0.2) is 0 Å². The molecule has 1 aromatic rings. The number of benzene rings is 1. The summed E-state index contributed by atoms with van der Waals surface area (Å²) in [4.78, 5) is 2.31. The van der Waals surface area contributed by atoms with Crippen LogP contribution in [-0.4, -0.2) is 23.8 Å². The molecule has 1 unspecified atom stereocenters. The lowest BCUT2D eigenvalue weighted by atomic mass is 10.1. The van der Waals surface area contributed by atoms with E-state index in [0.717, 1.165) is 24.0 Å². The van der Waals surface area contributed by atoms with E-state index in [9.17, 15) is 0 Å². The molecule has 1 atom stereocenters. The highest BCUT2D eigenvalue weighted by atomic mass is 79.9. The van der Waals surface area contributed by atoms with Crippen molar-refractivity contribution in [1.82, 2.24) is 4.90 Å². The van der Waals surface area contributed by atoms with Gasteiger partial charge in [0.15, 0.2) is 0 Å². The van der Waals surface area contributed by atoms with Crippen LogP contribution >= 0.6 is 15.9 Å². The average Bonchev–Trinajstić information content (AvgIpc) is 2.36. The Balaban J connectivity index is 2.55. The average molecular weight is 295 g/mol. The van der Waals surface area contributed by atoms with Crippen LogP contribution in [0.15, 0.2) is 24.3 Å². The van der Waals surface area contributed by atoms with Crippen molar-refractivity contribution in [1.29, 1.82) is 5.26 Å². The predicted molar refractivity (Wildman–Crippen MR) is 75.1 cm³/mol. The van der Waals surface area contributed by atoms with Gasteiger partial charge in [-0.15, -0.1) is 0 Å². The lowest BCUT2D eigenvalue weighted by molar-refractivity contribution is 0.278. The van der Waals surface area contributed by atoms with Gasteiger partial charge in [0, 0.05) is 18.4 Å². The Morgan fingerprint density at radius 2 is 2.24 bits per heavy atom. The Bertz CT molecular complexity index is 380. The Hall–Kier alpha value is -0.850. The standard InChI is InChI=1S/C14H19BrN2/c1-3-12(8-15)10-17(2)11-14-6-4-5-13(7-14)9-16/h4-7,12H,3,8,10-11H2,1-2H3. The molecule has 0 heterocycles. The van der Waals surface area contributed by atoms with Gasteiger partial charge < -0.3 is 4.90 Å². The molecule has 0 saturated heterocycles. The van der Waals surface area contributed by atoms with Crippen molar-refractivity contribution < 1.29 is 0 Å². The minimum Gasteiger partial charge on any atom is -0.302 e. The summed E-state index contributed by atoms with van der Waals surface area (Å²) in [5, 5.41) is 9.90. The summed E-state index contributed by atoms with van der Waals surface area (Å²) in [5.74, 6) is 0.694. The smallest absolute Gasteiger partial charge is 0.0991 e. The van der Waals surface area contributed by atoms with Crippen molar-refractivity contribution in [2.24, 2.45) is 5.92 Å². The van der Waals surface area contributed by atoms with Gasteiger partial charge in [0.05, 0.1) is 11.6 Å². The quantitative estimate of drug-likeness (QED) is 0.752. The van der Waals surface area contributed by atoms with Crippen molar-refractivity contribution in [2.45, 2.75) is 19.9 Å². The van der Waals surface area contributed by atoms with E-state index in [1.807, 2.05) is 18.2 Å². The van der Waals surface area contributed by atoms with Gasteiger partial charge in [-0.2, -0.15) is 5.26 Å². The number of hydrogen-bond donors (Lipinski definition) is 0. The lowest BCUT2D eigenvalue weighted by Crippen LogP contribution is -2.25. The Labute approximate surface area is 112 Å². The Kier molecular flexibility index (Phi) is 6.25. The first-order chi connectivity index (χ1) is 8.19. The van der Waals surface area contributed by atoms with Crippen LogP contribution in [0, 0.1) is 17.2 Å². The number of nitrogens with zero attached hydrogens (tertiary/aromatic N) is 2. The normalized spacial score (nSPS) is 12.4. The molecule has 17 heavy (non-hydrogen) atoms. The molecule has 2 nitrogen and oxygen atoms in total. The summed E-state index contributed by atoms with van der Waals surface area (Å²) >= 11 is 3.54. The van der Waals surface area contributed by atoms with Gasteiger partial charge in [-0.1, -0.05) is 41.4 Å². The molecule has 0 bridgehead atoms. The van der Waals surface area contributed by atoms with Crippen LogP contribution < -0.4 is 0 Å². The molecule has 1 rings (SSSR count). The molecule has 0 aliphatic carbocycles. The summed E-state index contributed by atoms with van der Waals surface area (Å²) in [6, 6.07) is 10.0. The monoisotopic (exact) mass is 294 g/mol. The molecule has 0 saturated carbocycles. The second kappa shape index (κ2) is 7.47.